The van der Waals surface area contributed by atoms with Crippen LogP contribution in [0.3, 0.4) is 0 Å². The molecule has 10 aromatic rings. The Balaban J connectivity index is 0.00000185. The van der Waals surface area contributed by atoms with Gasteiger partial charge in [0.2, 0.25) is 0 Å². The number of hydrogen-bond donors (Lipinski definition) is 2. The van der Waals surface area contributed by atoms with E-state index in [0.717, 1.165) is 113 Å². The van der Waals surface area contributed by atoms with Crippen molar-refractivity contribution < 1.29 is 45.9 Å². The fourth-order valence-electron chi connectivity index (χ4n) is 10.5. The van der Waals surface area contributed by atoms with Gasteiger partial charge in [0.05, 0.1) is 44.6 Å². The molecule has 2 unspecified atom stereocenters. The van der Waals surface area contributed by atoms with Crippen LogP contribution in [-0.2, 0) is 26.2 Å². The van der Waals surface area contributed by atoms with Gasteiger partial charge in [-0.1, -0.05) is 110 Å². The van der Waals surface area contributed by atoms with Gasteiger partial charge in [-0.05, 0) is 98.5 Å². The van der Waals surface area contributed by atoms with Gasteiger partial charge < -0.3 is 35.7 Å². The van der Waals surface area contributed by atoms with Crippen LogP contribution in [0.2, 0.25) is 0 Å². The van der Waals surface area contributed by atoms with E-state index in [2.05, 4.69) is 175 Å². The van der Waals surface area contributed by atoms with Crippen molar-refractivity contribution in [3.8, 4) is 56.6 Å². The van der Waals surface area contributed by atoms with E-state index in [4.69, 9.17) is 9.47 Å². The second-order valence-electron chi connectivity index (χ2n) is 17.6. The van der Waals surface area contributed by atoms with Gasteiger partial charge in [0.25, 0.3) is 11.5 Å². The second-order valence-corrected chi connectivity index (χ2v) is 17.6. The van der Waals surface area contributed by atoms with Crippen molar-refractivity contribution in [3.63, 3.8) is 0 Å². The van der Waals surface area contributed by atoms with Crippen LogP contribution in [0.5, 0.6) is 23.0 Å². The number of hydrogen-bond acceptors (Lipinski definition) is 2. The number of aryl methyl sites for hydroxylation is 2. The minimum atomic E-state index is 0. The van der Waals surface area contributed by atoms with Crippen LogP contribution < -0.4 is 0 Å². The van der Waals surface area contributed by atoms with Crippen molar-refractivity contribution in [2.45, 2.75) is 46.5 Å². The molecular weight excluding hydrogens is 904 g/mol. The number of aromatic hydroxyl groups is 4. The quantitative estimate of drug-likeness (QED) is 0.106. The van der Waals surface area contributed by atoms with Crippen molar-refractivity contribution in [3.05, 3.63) is 188 Å². The molecule has 2 atom stereocenters. The summed E-state index contributed by atoms with van der Waals surface area (Å²) in [7, 11) is 0. The fraction of sp³-hybridized carbons (Fsp3) is 0.183. The van der Waals surface area contributed by atoms with E-state index in [9.17, 15) is 10.2 Å². The van der Waals surface area contributed by atoms with Crippen LogP contribution in [-0.4, -0.2) is 42.0 Å². The number of rotatable bonds is 10. The largest absolute Gasteiger partial charge is 0.582 e. The van der Waals surface area contributed by atoms with Gasteiger partial charge in [-0.2, -0.15) is 6.92 Å². The van der Waals surface area contributed by atoms with E-state index in [1.165, 1.54) is 12.8 Å². The summed E-state index contributed by atoms with van der Waals surface area (Å²) in [4.78, 5) is 0. The summed E-state index contributed by atoms with van der Waals surface area (Å²) in [6, 6.07) is 58.4. The number of para-hydroxylation sites is 6. The topological polar surface area (TPSA) is 75.9 Å². The molecule has 0 radical (unpaired) electrons. The number of ether oxygens (including phenoxy) is 2. The van der Waals surface area contributed by atoms with E-state index in [-0.39, 0.29) is 37.7 Å². The first-order valence-electron chi connectivity index (χ1n) is 23.3. The SMILES string of the molecule is Cc1cc(-c2ccccc2[OH+]CC2CCCCC2C[OH+]c2ccccc2-c2cc(C)cc(-n3c4ccccc4c4ccccc43)c2O)c(O)c(-n2c3ccccc3c3ccccc32)c1.[CH2-]C.[Zr]. The third-order valence-corrected chi connectivity index (χ3v) is 13.6. The Hall–Kier alpha value is -6.56. The predicted octanol–water partition coefficient (Wildman–Crippen LogP) is 15.1. The van der Waals surface area contributed by atoms with E-state index in [1.54, 1.807) is 6.92 Å². The number of aliphatic hydroxyl groups is 2. The summed E-state index contributed by atoms with van der Waals surface area (Å²) in [6.07, 6.45) is 4.56. The van der Waals surface area contributed by atoms with Crippen molar-refractivity contribution >= 4 is 43.6 Å². The third kappa shape index (κ3) is 8.44. The van der Waals surface area contributed by atoms with Crippen molar-refractivity contribution in [1.29, 1.82) is 0 Å². The number of nitrogens with zero attached hydrogens (tertiary/aromatic N) is 2. The molecule has 8 aromatic carbocycles. The summed E-state index contributed by atoms with van der Waals surface area (Å²) < 4.78 is 15.1. The number of phenols is 2. The smallest absolute Gasteiger partial charge is 0.262 e. The van der Waals surface area contributed by atoms with Gasteiger partial charge in [-0.25, -0.2) is 0 Å². The molecule has 67 heavy (non-hydrogen) atoms. The normalized spacial score (nSPS) is 14.7. The maximum absolute atomic E-state index is 12.2. The first kappa shape index (κ1) is 45.6. The predicted molar refractivity (Wildman–Crippen MR) is 275 cm³/mol. The zero-order valence-electron chi connectivity index (χ0n) is 38.5. The Labute approximate surface area is 412 Å². The van der Waals surface area contributed by atoms with Crippen molar-refractivity contribution in [1.82, 2.24) is 9.13 Å². The maximum Gasteiger partial charge on any atom is 0.262 e. The minimum absolute atomic E-state index is 0. The fourth-order valence-corrected chi connectivity index (χ4v) is 10.5. The summed E-state index contributed by atoms with van der Waals surface area (Å²) in [5.41, 5.74) is 11.3. The number of fused-ring (bicyclic) bond motifs is 6. The van der Waals surface area contributed by atoms with Gasteiger partial charge in [0.15, 0.2) is 13.2 Å². The molecule has 334 valence electrons. The molecule has 0 aliphatic heterocycles. The van der Waals surface area contributed by atoms with Gasteiger partial charge in [-0.3, -0.25) is 0 Å². The van der Waals surface area contributed by atoms with Crippen LogP contribution in [0.1, 0.15) is 43.7 Å². The molecule has 1 aliphatic carbocycles. The number of benzene rings is 8. The van der Waals surface area contributed by atoms with Gasteiger partial charge in [-0.15, -0.1) is 0 Å². The Morgan fingerprint density at radius 1 is 0.448 bits per heavy atom. The molecule has 0 saturated heterocycles. The Morgan fingerprint density at radius 3 is 1.12 bits per heavy atom. The maximum atomic E-state index is 12.2. The average molecular weight is 961 g/mol. The summed E-state index contributed by atoms with van der Waals surface area (Å²) >= 11 is 0. The van der Waals surface area contributed by atoms with Crippen LogP contribution >= 0.6 is 0 Å². The van der Waals surface area contributed by atoms with Gasteiger partial charge in [0, 0.05) is 82.8 Å². The molecule has 1 fully saturated rings. The van der Waals surface area contributed by atoms with E-state index in [0.29, 0.717) is 25.0 Å². The summed E-state index contributed by atoms with van der Waals surface area (Å²) in [5.74, 6) is 3.00. The summed E-state index contributed by atoms with van der Waals surface area (Å²) in [5, 5.41) is 29.1. The molecule has 4 N–H and O–H groups in total. The molecule has 11 rings (SSSR count). The van der Waals surface area contributed by atoms with Crippen LogP contribution in [0.15, 0.2) is 170 Å². The Bertz CT molecular complexity index is 3050. The molecule has 1 saturated carbocycles. The van der Waals surface area contributed by atoms with Crippen LogP contribution in [0.25, 0.3) is 77.2 Å². The van der Waals surface area contributed by atoms with E-state index in [1.807, 2.05) is 24.3 Å². The first-order chi connectivity index (χ1) is 32.4. The van der Waals surface area contributed by atoms with Crippen molar-refractivity contribution in [2.75, 3.05) is 13.2 Å². The molecule has 2 aromatic heterocycles. The minimum Gasteiger partial charge on any atom is -0.582 e. The second kappa shape index (κ2) is 19.7. The number of aromatic nitrogens is 2. The summed E-state index contributed by atoms with van der Waals surface area (Å²) in [6.45, 7) is 10.6. The molecular formula is C60H57N2O4Zr+. The molecule has 7 heteroatoms. The van der Waals surface area contributed by atoms with Crippen molar-refractivity contribution in [2.24, 2.45) is 11.8 Å². The molecule has 2 heterocycles. The zero-order valence-corrected chi connectivity index (χ0v) is 40.9. The molecule has 1 aliphatic rings. The Kier molecular flexibility index (Phi) is 13.4. The third-order valence-electron chi connectivity index (χ3n) is 13.6. The molecule has 6 nitrogen and oxygen atoms in total. The first-order valence-corrected chi connectivity index (χ1v) is 23.3. The Morgan fingerprint density at radius 2 is 0.761 bits per heavy atom. The molecule has 0 bridgehead atoms. The standard InChI is InChI=1S/C58H50N2O4.C2H5.Zr/c1-37-31-47(57(61)53(33-37)59-49-25-11-5-19-41(49)42-20-6-12-26-50(42)59)45-23-9-15-29-55(45)63-35-39-17-3-4-18-40(39)36-64-56-30-16-10-24-46(56)48-32-38(2)34-54(58(48)62)60-51-27-13-7-21-43(51)44-22-8-14-28-52(44)60;1-2;/h5-16,19-34,39-40,61-62H,3-4,17-18,35-36H2,1-2H3;1H2,2H3;/q;-1;/p+2. The van der Waals surface area contributed by atoms with Gasteiger partial charge >= 0.3 is 0 Å². The monoisotopic (exact) mass is 959 g/mol. The van der Waals surface area contributed by atoms with E-state index >= 15 is 0 Å². The average Bonchev–Trinajstić information content (AvgIpc) is 3.88. The molecule has 0 spiro atoms. The van der Waals surface area contributed by atoms with Gasteiger partial charge in [0.1, 0.15) is 11.5 Å². The molecule has 0 amide bonds. The van der Waals surface area contributed by atoms with Crippen LogP contribution in [0.4, 0.5) is 0 Å². The van der Waals surface area contributed by atoms with Crippen LogP contribution in [0, 0.1) is 32.6 Å². The number of phenolic OH excluding ortho intramolecular Hbond substituents is 2. The van der Waals surface area contributed by atoms with E-state index < -0.39 is 0 Å². The zero-order chi connectivity index (χ0) is 45.3.